The van der Waals surface area contributed by atoms with Crippen LogP contribution in [0.2, 0.25) is 0 Å². The average molecular weight is 222 g/mol. The molecule has 0 unspecified atom stereocenters. The summed E-state index contributed by atoms with van der Waals surface area (Å²) < 4.78 is 4.20. The van der Waals surface area contributed by atoms with Crippen LogP contribution in [0.3, 0.4) is 0 Å². The number of hydrogen-bond donors (Lipinski definition) is 0. The summed E-state index contributed by atoms with van der Waals surface area (Å²) in [5.74, 6) is 0.930. The second kappa shape index (κ2) is 2.85. The molecule has 17 heavy (non-hydrogen) atoms. The van der Waals surface area contributed by atoms with Crippen LogP contribution >= 0.6 is 0 Å². The van der Waals surface area contributed by atoms with E-state index < -0.39 is 0 Å². The van der Waals surface area contributed by atoms with Gasteiger partial charge in [0.05, 0.1) is 11.0 Å². The number of para-hydroxylation sites is 2. The molecule has 3 heterocycles. The van der Waals surface area contributed by atoms with E-state index in [0.29, 0.717) is 0 Å². The molecule has 0 aliphatic rings. The topological polar surface area (TPSA) is 35.1 Å². The molecule has 4 nitrogen and oxygen atoms in total. The van der Waals surface area contributed by atoms with Gasteiger partial charge in [-0.05, 0) is 24.3 Å². The van der Waals surface area contributed by atoms with Gasteiger partial charge < -0.3 is 4.57 Å². The van der Waals surface area contributed by atoms with Crippen molar-refractivity contribution in [2.45, 2.75) is 0 Å². The molecule has 0 radical (unpaired) electrons. The zero-order valence-electron chi connectivity index (χ0n) is 9.33. The standard InChI is InChI=1S/C13H10N4/c1-16-10-6-2-3-7-11(10)17-12-9(15-13(16)17)5-4-8-14-12/h2-8H,1H3. The predicted molar refractivity (Wildman–Crippen MR) is 67.0 cm³/mol. The Hall–Kier alpha value is -2.36. The number of pyridine rings is 1. The number of aryl methyl sites for hydroxylation is 1. The van der Waals surface area contributed by atoms with Crippen molar-refractivity contribution < 1.29 is 0 Å². The Labute approximate surface area is 97.1 Å². The molecular weight excluding hydrogens is 212 g/mol. The summed E-state index contributed by atoms with van der Waals surface area (Å²) in [6.07, 6.45) is 1.80. The van der Waals surface area contributed by atoms with Crippen LogP contribution in [0.25, 0.3) is 28.0 Å². The molecule has 0 spiro atoms. The van der Waals surface area contributed by atoms with E-state index in [1.54, 1.807) is 6.20 Å². The second-order valence-corrected chi connectivity index (χ2v) is 4.14. The van der Waals surface area contributed by atoms with Crippen LogP contribution in [-0.2, 0) is 7.05 Å². The maximum atomic E-state index is 4.62. The summed E-state index contributed by atoms with van der Waals surface area (Å²) in [6, 6.07) is 12.2. The molecule has 3 aromatic heterocycles. The highest BCUT2D eigenvalue weighted by atomic mass is 15.2. The van der Waals surface area contributed by atoms with Crippen molar-refractivity contribution in [2.75, 3.05) is 0 Å². The van der Waals surface area contributed by atoms with Crippen molar-refractivity contribution in [3.63, 3.8) is 0 Å². The molecule has 0 N–H and O–H groups in total. The van der Waals surface area contributed by atoms with Gasteiger partial charge in [-0.2, -0.15) is 0 Å². The smallest absolute Gasteiger partial charge is 0.216 e. The predicted octanol–water partition coefficient (Wildman–Crippen LogP) is 2.37. The van der Waals surface area contributed by atoms with Gasteiger partial charge in [-0.3, -0.25) is 4.40 Å². The summed E-state index contributed by atoms with van der Waals surface area (Å²) in [4.78, 5) is 9.04. The van der Waals surface area contributed by atoms with E-state index >= 15 is 0 Å². The van der Waals surface area contributed by atoms with Crippen LogP contribution in [0.15, 0.2) is 42.6 Å². The van der Waals surface area contributed by atoms with Crippen molar-refractivity contribution in [1.29, 1.82) is 0 Å². The average Bonchev–Trinajstić information content (AvgIpc) is 2.88. The number of nitrogens with zero attached hydrogens (tertiary/aromatic N) is 4. The maximum absolute atomic E-state index is 4.62. The molecule has 4 aromatic rings. The van der Waals surface area contributed by atoms with Gasteiger partial charge in [0.15, 0.2) is 5.65 Å². The first-order valence-corrected chi connectivity index (χ1v) is 5.53. The van der Waals surface area contributed by atoms with Gasteiger partial charge in [0, 0.05) is 13.2 Å². The molecule has 0 aliphatic carbocycles. The second-order valence-electron chi connectivity index (χ2n) is 4.14. The van der Waals surface area contributed by atoms with Gasteiger partial charge in [-0.1, -0.05) is 12.1 Å². The molecule has 4 heteroatoms. The number of hydrogen-bond acceptors (Lipinski definition) is 2. The molecule has 82 valence electrons. The van der Waals surface area contributed by atoms with E-state index in [1.165, 1.54) is 5.52 Å². The lowest BCUT2D eigenvalue weighted by Gasteiger charge is -1.93. The SMILES string of the molecule is Cn1c2ccccc2n2c3ncccc3nc12. The Balaban J connectivity index is 2.41. The van der Waals surface area contributed by atoms with Gasteiger partial charge >= 0.3 is 0 Å². The quantitative estimate of drug-likeness (QED) is 0.458. The van der Waals surface area contributed by atoms with Crippen LogP contribution in [0.5, 0.6) is 0 Å². The van der Waals surface area contributed by atoms with Gasteiger partial charge in [0.25, 0.3) is 0 Å². The minimum Gasteiger partial charge on any atom is -0.313 e. The van der Waals surface area contributed by atoms with Crippen molar-refractivity contribution in [3.05, 3.63) is 42.6 Å². The van der Waals surface area contributed by atoms with E-state index in [0.717, 1.165) is 22.5 Å². The highest BCUT2D eigenvalue weighted by Crippen LogP contribution is 2.23. The summed E-state index contributed by atoms with van der Waals surface area (Å²) in [5.41, 5.74) is 4.16. The first kappa shape index (κ1) is 8.75. The molecule has 0 fully saturated rings. The van der Waals surface area contributed by atoms with E-state index in [9.17, 15) is 0 Å². The Kier molecular flexibility index (Phi) is 1.47. The lowest BCUT2D eigenvalue weighted by atomic mass is 10.3. The highest BCUT2D eigenvalue weighted by molar-refractivity contribution is 5.88. The first-order valence-electron chi connectivity index (χ1n) is 5.53. The van der Waals surface area contributed by atoms with Gasteiger partial charge in [-0.25, -0.2) is 9.97 Å². The van der Waals surface area contributed by atoms with Crippen molar-refractivity contribution >= 4 is 28.0 Å². The van der Waals surface area contributed by atoms with Crippen LogP contribution in [0, 0.1) is 0 Å². The molecule has 0 amide bonds. The number of benzene rings is 1. The van der Waals surface area contributed by atoms with Crippen LogP contribution < -0.4 is 0 Å². The van der Waals surface area contributed by atoms with Gasteiger partial charge in [-0.15, -0.1) is 0 Å². The molecule has 1 aromatic carbocycles. The Morgan fingerprint density at radius 3 is 2.71 bits per heavy atom. The van der Waals surface area contributed by atoms with E-state index in [-0.39, 0.29) is 0 Å². The highest BCUT2D eigenvalue weighted by Gasteiger charge is 2.13. The number of aromatic nitrogens is 4. The Morgan fingerprint density at radius 1 is 1.00 bits per heavy atom. The molecule has 0 bridgehead atoms. The minimum atomic E-state index is 0.916. The molecular formula is C13H10N4. The number of rotatable bonds is 0. The zero-order valence-corrected chi connectivity index (χ0v) is 9.33. The zero-order chi connectivity index (χ0) is 11.4. The Bertz CT molecular complexity index is 854. The summed E-state index contributed by atoms with van der Waals surface area (Å²) >= 11 is 0. The van der Waals surface area contributed by atoms with Crippen molar-refractivity contribution in [3.8, 4) is 0 Å². The monoisotopic (exact) mass is 222 g/mol. The fraction of sp³-hybridized carbons (Fsp3) is 0.0769. The van der Waals surface area contributed by atoms with Gasteiger partial charge in [0.1, 0.15) is 5.52 Å². The summed E-state index contributed by atoms with van der Waals surface area (Å²) in [5, 5.41) is 0. The van der Waals surface area contributed by atoms with E-state index in [1.807, 2.05) is 31.3 Å². The van der Waals surface area contributed by atoms with Crippen LogP contribution in [-0.4, -0.2) is 18.9 Å². The van der Waals surface area contributed by atoms with Crippen LogP contribution in [0.4, 0.5) is 0 Å². The minimum absolute atomic E-state index is 0.916. The molecule has 0 saturated heterocycles. The third kappa shape index (κ3) is 0.970. The largest absolute Gasteiger partial charge is 0.313 e. The number of fused-ring (bicyclic) bond motifs is 5. The molecule has 0 aliphatic heterocycles. The number of imidazole rings is 2. The first-order chi connectivity index (χ1) is 8.36. The van der Waals surface area contributed by atoms with Crippen molar-refractivity contribution in [1.82, 2.24) is 18.9 Å². The Morgan fingerprint density at radius 2 is 1.82 bits per heavy atom. The van der Waals surface area contributed by atoms with E-state index in [2.05, 4.69) is 31.1 Å². The molecule has 0 saturated carbocycles. The fourth-order valence-electron chi connectivity index (χ4n) is 2.39. The third-order valence-corrected chi connectivity index (χ3v) is 3.18. The van der Waals surface area contributed by atoms with Crippen molar-refractivity contribution in [2.24, 2.45) is 7.05 Å². The van der Waals surface area contributed by atoms with Crippen LogP contribution in [0.1, 0.15) is 0 Å². The summed E-state index contributed by atoms with van der Waals surface area (Å²) in [6.45, 7) is 0. The third-order valence-electron chi connectivity index (χ3n) is 3.18. The van der Waals surface area contributed by atoms with E-state index in [4.69, 9.17) is 0 Å². The lowest BCUT2D eigenvalue weighted by molar-refractivity contribution is 0.972. The lowest BCUT2D eigenvalue weighted by Crippen LogP contribution is -1.87. The normalized spacial score (nSPS) is 11.8. The fourth-order valence-corrected chi connectivity index (χ4v) is 2.39. The molecule has 4 rings (SSSR count). The summed E-state index contributed by atoms with van der Waals surface area (Å²) in [7, 11) is 2.03. The molecule has 0 atom stereocenters. The maximum Gasteiger partial charge on any atom is 0.216 e. The van der Waals surface area contributed by atoms with Gasteiger partial charge in [0.2, 0.25) is 5.78 Å².